The largest absolute Gasteiger partial charge is 0.410 e. The number of aryl methyl sites for hydroxylation is 1. The lowest BCUT2D eigenvalue weighted by Gasteiger charge is -2.40. The van der Waals surface area contributed by atoms with Gasteiger partial charge in [0, 0.05) is 11.8 Å². The number of thiazole rings is 1. The van der Waals surface area contributed by atoms with E-state index in [1.54, 1.807) is 11.3 Å². The number of nitrogens with zero attached hydrogens (tertiary/aromatic N) is 1. The van der Waals surface area contributed by atoms with E-state index in [0.29, 0.717) is 0 Å². The van der Waals surface area contributed by atoms with Gasteiger partial charge in [-0.2, -0.15) is 0 Å². The Morgan fingerprint density at radius 1 is 0.872 bits per heavy atom. The Bertz CT molecular complexity index is 1260. The van der Waals surface area contributed by atoms with Crippen molar-refractivity contribution in [1.29, 1.82) is 0 Å². The fourth-order valence-corrected chi connectivity index (χ4v) is 11.2. The maximum Gasteiger partial charge on any atom is 0.192 e. The molecule has 0 aliphatic rings. The summed E-state index contributed by atoms with van der Waals surface area (Å²) in [6.45, 7) is 16.0. The smallest absolute Gasteiger partial charge is 0.192 e. The Balaban J connectivity index is 1.82. The molecule has 0 radical (unpaired) electrons. The molecule has 0 aliphatic carbocycles. The summed E-state index contributed by atoms with van der Waals surface area (Å²) < 4.78 is 7.21. The van der Waals surface area contributed by atoms with Crippen molar-refractivity contribution in [2.75, 3.05) is 6.16 Å². The van der Waals surface area contributed by atoms with Gasteiger partial charge in [-0.05, 0) is 80.0 Å². The Kier molecular flexibility index (Phi) is 9.44. The van der Waals surface area contributed by atoms with Gasteiger partial charge in [0.25, 0.3) is 0 Å². The highest BCUT2D eigenvalue weighted by molar-refractivity contribution is 7.95. The standard InChI is InChI=1S/C34H43NOPSSi/c1-27(25-29-26-38-28(2)35-29)33(36-39(6,7)34(3,4)5)23-24-37(30-17-11-8-12-18-30,31-19-13-9-14-20-31)32-21-15-10-16-22-32/h8-22,25-26,33H,23-24H2,1-7H3/q+1/t33-/m0/s1. The third kappa shape index (κ3) is 6.87. The zero-order chi connectivity index (χ0) is 28.1. The Labute approximate surface area is 241 Å². The van der Waals surface area contributed by atoms with Crippen LogP contribution < -0.4 is 15.9 Å². The SMILES string of the molecule is CC(=Cc1csc(C)n1)[C@H](CC[P+](c1ccccc1)(c1ccccc1)c1ccccc1)O[Si](C)(C)C(C)(C)C. The summed E-state index contributed by atoms with van der Waals surface area (Å²) in [6.07, 6.45) is 4.26. The van der Waals surface area contributed by atoms with Crippen LogP contribution >= 0.6 is 18.6 Å². The molecule has 1 heterocycles. The van der Waals surface area contributed by atoms with Crippen LogP contribution in [-0.4, -0.2) is 25.6 Å². The molecule has 0 saturated carbocycles. The first-order valence-electron chi connectivity index (χ1n) is 13.9. The molecule has 204 valence electrons. The first-order valence-corrected chi connectivity index (χ1v) is 19.6. The number of hydrogen-bond donors (Lipinski definition) is 0. The third-order valence-corrected chi connectivity index (χ3v) is 17.8. The second-order valence-corrected chi connectivity index (χ2v) is 21.3. The highest BCUT2D eigenvalue weighted by Gasteiger charge is 2.46. The molecule has 4 aromatic rings. The molecular weight excluding hydrogens is 530 g/mol. The molecule has 0 fully saturated rings. The van der Waals surface area contributed by atoms with E-state index in [2.05, 4.69) is 150 Å². The molecule has 4 rings (SSSR count). The minimum absolute atomic E-state index is 0.0309. The summed E-state index contributed by atoms with van der Waals surface area (Å²) in [5.41, 5.74) is 2.30. The summed E-state index contributed by atoms with van der Waals surface area (Å²) in [4.78, 5) is 4.73. The van der Waals surface area contributed by atoms with Gasteiger partial charge >= 0.3 is 0 Å². The molecular formula is C34H43NOPSSi+. The predicted octanol–water partition coefficient (Wildman–Crippen LogP) is 8.63. The number of aromatic nitrogens is 1. The number of hydrogen-bond acceptors (Lipinski definition) is 3. The van der Waals surface area contributed by atoms with Crippen LogP contribution in [0.3, 0.4) is 0 Å². The highest BCUT2D eigenvalue weighted by Crippen LogP contribution is 2.56. The van der Waals surface area contributed by atoms with E-state index in [1.807, 2.05) is 0 Å². The quantitative estimate of drug-likeness (QED) is 0.140. The van der Waals surface area contributed by atoms with Crippen LogP contribution in [0.1, 0.15) is 44.8 Å². The maximum absolute atomic E-state index is 7.21. The summed E-state index contributed by atoms with van der Waals surface area (Å²) in [5.74, 6) is 0. The monoisotopic (exact) mass is 572 g/mol. The summed E-state index contributed by atoms with van der Waals surface area (Å²) in [7, 11) is -3.96. The molecule has 3 aromatic carbocycles. The molecule has 0 unspecified atom stereocenters. The topological polar surface area (TPSA) is 22.1 Å². The van der Waals surface area contributed by atoms with Crippen molar-refractivity contribution in [3.8, 4) is 0 Å². The van der Waals surface area contributed by atoms with Crippen molar-refractivity contribution in [2.24, 2.45) is 0 Å². The van der Waals surface area contributed by atoms with E-state index >= 15 is 0 Å². The number of rotatable bonds is 10. The molecule has 1 atom stereocenters. The minimum atomic E-state index is -2.02. The first-order chi connectivity index (χ1) is 18.5. The van der Waals surface area contributed by atoms with Gasteiger partial charge < -0.3 is 4.43 Å². The molecule has 0 spiro atoms. The van der Waals surface area contributed by atoms with Gasteiger partial charge in [0.05, 0.1) is 23.0 Å². The molecule has 0 bridgehead atoms. The van der Waals surface area contributed by atoms with E-state index in [-0.39, 0.29) is 11.1 Å². The third-order valence-electron chi connectivity index (χ3n) is 8.08. The van der Waals surface area contributed by atoms with Gasteiger partial charge in [0.15, 0.2) is 8.32 Å². The molecule has 0 saturated heterocycles. The van der Waals surface area contributed by atoms with Gasteiger partial charge in [-0.15, -0.1) is 11.3 Å². The molecule has 0 aliphatic heterocycles. The van der Waals surface area contributed by atoms with Crippen LogP contribution in [0, 0.1) is 6.92 Å². The van der Waals surface area contributed by atoms with Crippen LogP contribution in [0.4, 0.5) is 0 Å². The lowest BCUT2D eigenvalue weighted by molar-refractivity contribution is 0.211. The second-order valence-electron chi connectivity index (χ2n) is 11.9. The summed E-state index contributed by atoms with van der Waals surface area (Å²) in [6, 6.07) is 33.5. The van der Waals surface area contributed by atoms with Crippen molar-refractivity contribution < 1.29 is 4.43 Å². The van der Waals surface area contributed by atoms with E-state index < -0.39 is 15.6 Å². The average Bonchev–Trinajstić information content (AvgIpc) is 3.33. The van der Waals surface area contributed by atoms with Crippen LogP contribution in [0.2, 0.25) is 18.1 Å². The van der Waals surface area contributed by atoms with E-state index in [0.717, 1.165) is 23.3 Å². The zero-order valence-electron chi connectivity index (χ0n) is 24.5. The predicted molar refractivity (Wildman–Crippen MR) is 177 cm³/mol. The first kappa shape index (κ1) is 29.6. The number of benzene rings is 3. The van der Waals surface area contributed by atoms with Crippen molar-refractivity contribution >= 4 is 48.9 Å². The van der Waals surface area contributed by atoms with Crippen LogP contribution in [-0.2, 0) is 4.43 Å². The normalized spacial score (nSPS) is 13.9. The zero-order valence-corrected chi connectivity index (χ0v) is 27.2. The fourth-order valence-electron chi connectivity index (χ4n) is 4.88. The Morgan fingerprint density at radius 3 is 1.72 bits per heavy atom. The van der Waals surface area contributed by atoms with Crippen molar-refractivity contribution in [1.82, 2.24) is 4.98 Å². The van der Waals surface area contributed by atoms with Crippen molar-refractivity contribution in [3.05, 3.63) is 113 Å². The van der Waals surface area contributed by atoms with Gasteiger partial charge in [0.2, 0.25) is 0 Å². The molecule has 39 heavy (non-hydrogen) atoms. The van der Waals surface area contributed by atoms with Gasteiger partial charge in [0.1, 0.15) is 23.2 Å². The maximum atomic E-state index is 7.21. The van der Waals surface area contributed by atoms with Gasteiger partial charge in [-0.25, -0.2) is 4.98 Å². The molecule has 0 N–H and O–H groups in total. The van der Waals surface area contributed by atoms with E-state index in [1.165, 1.54) is 21.5 Å². The van der Waals surface area contributed by atoms with Crippen LogP contribution in [0.5, 0.6) is 0 Å². The summed E-state index contributed by atoms with van der Waals surface area (Å²) in [5, 5.41) is 7.64. The van der Waals surface area contributed by atoms with Gasteiger partial charge in [-0.3, -0.25) is 0 Å². The van der Waals surface area contributed by atoms with Crippen molar-refractivity contribution in [2.45, 2.75) is 65.3 Å². The van der Waals surface area contributed by atoms with Gasteiger partial charge in [-0.1, -0.05) is 75.4 Å². The molecule has 2 nitrogen and oxygen atoms in total. The second kappa shape index (κ2) is 12.4. The molecule has 5 heteroatoms. The van der Waals surface area contributed by atoms with E-state index in [9.17, 15) is 0 Å². The lowest BCUT2D eigenvalue weighted by atomic mass is 10.1. The fraction of sp³-hybridized carbons (Fsp3) is 0.324. The van der Waals surface area contributed by atoms with Crippen molar-refractivity contribution in [3.63, 3.8) is 0 Å². The Morgan fingerprint density at radius 2 is 1.33 bits per heavy atom. The molecule has 1 aromatic heterocycles. The lowest BCUT2D eigenvalue weighted by Crippen LogP contribution is -2.45. The average molecular weight is 573 g/mol. The van der Waals surface area contributed by atoms with Crippen LogP contribution in [0.25, 0.3) is 6.08 Å². The summed E-state index contributed by atoms with van der Waals surface area (Å²) >= 11 is 1.70. The highest BCUT2D eigenvalue weighted by atomic mass is 32.1. The van der Waals surface area contributed by atoms with E-state index in [4.69, 9.17) is 9.41 Å². The Hall–Kier alpha value is -2.36. The minimum Gasteiger partial charge on any atom is -0.410 e. The van der Waals surface area contributed by atoms with Crippen LogP contribution in [0.15, 0.2) is 102 Å². The molecule has 0 amide bonds.